The third kappa shape index (κ3) is 2.74. The summed E-state index contributed by atoms with van der Waals surface area (Å²) >= 11 is 0. The van der Waals surface area contributed by atoms with Crippen LogP contribution >= 0.6 is 0 Å². The Hall–Kier alpha value is -2.90. The van der Waals surface area contributed by atoms with E-state index in [-0.39, 0.29) is 5.82 Å². The molecule has 0 saturated carbocycles. The number of carbonyl (C=O) groups is 2. The Morgan fingerprint density at radius 1 is 1.40 bits per heavy atom. The number of amides is 1. The van der Waals surface area contributed by atoms with E-state index in [1.165, 1.54) is 20.2 Å². The number of nitrogens with zero attached hydrogens (tertiary/aromatic N) is 2. The molecule has 8 heteroatoms. The molecule has 2 N–H and O–H groups in total. The Balaban J connectivity index is 2.19. The zero-order valence-corrected chi connectivity index (χ0v) is 10.8. The van der Waals surface area contributed by atoms with E-state index >= 15 is 0 Å². The van der Waals surface area contributed by atoms with E-state index in [4.69, 9.17) is 0 Å². The van der Waals surface area contributed by atoms with Gasteiger partial charge in [0.2, 0.25) is 5.82 Å². The van der Waals surface area contributed by atoms with Crippen molar-refractivity contribution in [1.29, 1.82) is 0 Å². The van der Waals surface area contributed by atoms with Gasteiger partial charge in [-0.3, -0.25) is 9.78 Å². The first-order chi connectivity index (χ1) is 9.51. The molecular formula is C12H12N4O4. The average molecular weight is 276 g/mol. The van der Waals surface area contributed by atoms with Crippen LogP contribution in [0.25, 0.3) is 0 Å². The monoisotopic (exact) mass is 276 g/mol. The predicted octanol–water partition coefficient (Wildman–Crippen LogP) is 0.147. The van der Waals surface area contributed by atoms with Gasteiger partial charge in [-0.1, -0.05) is 6.07 Å². The van der Waals surface area contributed by atoms with Gasteiger partial charge in [-0.05, 0) is 18.2 Å². The molecule has 2 aromatic rings. The van der Waals surface area contributed by atoms with Crippen LogP contribution in [0.5, 0.6) is 0 Å². The molecule has 0 unspecified atom stereocenters. The molecule has 104 valence electrons. The number of hydrogen-bond acceptors (Lipinski definition) is 5. The highest BCUT2D eigenvalue weighted by Gasteiger charge is 2.13. The zero-order valence-electron chi connectivity index (χ0n) is 10.8. The van der Waals surface area contributed by atoms with Crippen LogP contribution in [0.4, 0.5) is 5.69 Å². The number of carbonyl (C=O) groups excluding carboxylic acids is 2. The fourth-order valence-corrected chi connectivity index (χ4v) is 1.54. The molecule has 0 aliphatic heterocycles. The van der Waals surface area contributed by atoms with E-state index in [2.05, 4.69) is 20.1 Å². The van der Waals surface area contributed by atoms with Crippen molar-refractivity contribution in [2.45, 2.75) is 0 Å². The van der Waals surface area contributed by atoms with Crippen molar-refractivity contribution in [3.8, 4) is 0 Å². The molecule has 0 aliphatic carbocycles. The molecule has 0 atom stereocenters. The van der Waals surface area contributed by atoms with Gasteiger partial charge in [-0.25, -0.2) is 14.3 Å². The number of aryl methyl sites for hydroxylation is 1. The molecule has 1 aromatic heterocycles. The number of ether oxygens (including phenoxy) is 1. The first-order valence-corrected chi connectivity index (χ1v) is 5.64. The molecule has 2 rings (SSSR count). The lowest BCUT2D eigenvalue weighted by atomic mass is 10.2. The fourth-order valence-electron chi connectivity index (χ4n) is 1.54. The van der Waals surface area contributed by atoms with E-state index in [9.17, 15) is 14.4 Å². The number of rotatable bonds is 3. The number of benzene rings is 1. The summed E-state index contributed by atoms with van der Waals surface area (Å²) in [7, 11) is 2.69. The number of hydrogen-bond donors (Lipinski definition) is 2. The van der Waals surface area contributed by atoms with Gasteiger partial charge in [-0.2, -0.15) is 0 Å². The first kappa shape index (κ1) is 13.5. The number of methoxy groups -OCH3 is 1. The predicted molar refractivity (Wildman–Crippen MR) is 69.6 cm³/mol. The topological polar surface area (TPSA) is 106 Å². The third-order valence-electron chi connectivity index (χ3n) is 2.53. The fraction of sp³-hybridized carbons (Fsp3) is 0.167. The van der Waals surface area contributed by atoms with Crippen molar-refractivity contribution >= 4 is 17.6 Å². The van der Waals surface area contributed by atoms with Crippen molar-refractivity contribution in [2.75, 3.05) is 12.4 Å². The Bertz CT molecular complexity index is 716. The van der Waals surface area contributed by atoms with Crippen molar-refractivity contribution < 1.29 is 14.3 Å². The maximum absolute atomic E-state index is 11.9. The summed E-state index contributed by atoms with van der Waals surface area (Å²) in [5, 5.41) is 6.25. The summed E-state index contributed by atoms with van der Waals surface area (Å²) < 4.78 is 5.60. The van der Waals surface area contributed by atoms with Crippen molar-refractivity contribution in [2.24, 2.45) is 7.05 Å². The third-order valence-corrected chi connectivity index (χ3v) is 2.53. The summed E-state index contributed by atoms with van der Waals surface area (Å²) in [6, 6.07) is 6.23. The number of esters is 1. The quantitative estimate of drug-likeness (QED) is 0.776. The van der Waals surface area contributed by atoms with Gasteiger partial charge in [0, 0.05) is 12.7 Å². The van der Waals surface area contributed by atoms with Crippen LogP contribution in [0, 0.1) is 0 Å². The number of anilines is 1. The normalized spacial score (nSPS) is 10.1. The van der Waals surface area contributed by atoms with Crippen LogP contribution in [-0.2, 0) is 11.8 Å². The van der Waals surface area contributed by atoms with Gasteiger partial charge < -0.3 is 10.1 Å². The van der Waals surface area contributed by atoms with Gasteiger partial charge in [0.25, 0.3) is 5.91 Å². The van der Waals surface area contributed by atoms with Crippen LogP contribution in [-0.4, -0.2) is 33.8 Å². The number of aromatic amines is 1. The smallest absolute Gasteiger partial charge is 0.343 e. The van der Waals surface area contributed by atoms with Gasteiger partial charge in [-0.15, -0.1) is 5.10 Å². The van der Waals surface area contributed by atoms with Gasteiger partial charge in [0.1, 0.15) is 0 Å². The molecule has 1 heterocycles. The zero-order chi connectivity index (χ0) is 14.7. The minimum atomic E-state index is -0.579. The highest BCUT2D eigenvalue weighted by molar-refractivity contribution is 6.02. The summed E-state index contributed by atoms with van der Waals surface area (Å²) in [4.78, 5) is 36.7. The maximum Gasteiger partial charge on any atom is 0.343 e. The van der Waals surface area contributed by atoms with Crippen LogP contribution in [0.1, 0.15) is 21.0 Å². The number of nitrogens with one attached hydrogen (secondary N) is 2. The molecule has 0 bridgehead atoms. The van der Waals surface area contributed by atoms with Crippen LogP contribution in [0.2, 0.25) is 0 Å². The second-order valence-electron chi connectivity index (χ2n) is 3.93. The number of H-pyrrole nitrogens is 1. The molecule has 20 heavy (non-hydrogen) atoms. The standard InChI is InChI=1S/C12H12N4O4/c1-16-12(19)14-9(15-16)10(17)13-8-5-3-4-7(6-8)11(18)20-2/h3-6H,1-2H3,(H,13,17)(H,14,15,19). The molecule has 0 radical (unpaired) electrons. The van der Waals surface area contributed by atoms with E-state index in [0.29, 0.717) is 11.3 Å². The minimum Gasteiger partial charge on any atom is -0.465 e. The summed E-state index contributed by atoms with van der Waals surface area (Å²) in [6.45, 7) is 0. The van der Waals surface area contributed by atoms with Gasteiger partial charge >= 0.3 is 11.7 Å². The SMILES string of the molecule is COC(=O)c1cccc(NC(=O)c2nn(C)c(=O)[nH]2)c1. The Labute approximate surface area is 113 Å². The molecule has 0 fully saturated rings. The molecule has 1 aromatic carbocycles. The maximum atomic E-state index is 11.9. The van der Waals surface area contributed by atoms with Gasteiger partial charge in [0.15, 0.2) is 0 Å². The molecular weight excluding hydrogens is 264 g/mol. The number of aromatic nitrogens is 3. The second-order valence-corrected chi connectivity index (χ2v) is 3.93. The highest BCUT2D eigenvalue weighted by Crippen LogP contribution is 2.12. The van der Waals surface area contributed by atoms with Crippen LogP contribution in [0.15, 0.2) is 29.1 Å². The lowest BCUT2D eigenvalue weighted by molar-refractivity contribution is 0.0600. The first-order valence-electron chi connectivity index (χ1n) is 5.64. The van der Waals surface area contributed by atoms with Crippen LogP contribution < -0.4 is 11.0 Å². The average Bonchev–Trinajstić information content (AvgIpc) is 2.78. The summed E-state index contributed by atoms with van der Waals surface area (Å²) in [5.74, 6) is -1.20. The Kier molecular flexibility index (Phi) is 3.65. The molecule has 0 aliphatic rings. The lowest BCUT2D eigenvalue weighted by Gasteiger charge is -2.04. The van der Waals surface area contributed by atoms with E-state index in [1.54, 1.807) is 18.2 Å². The second kappa shape index (κ2) is 5.39. The summed E-state index contributed by atoms with van der Waals surface area (Å²) in [5.41, 5.74) is 0.211. The van der Waals surface area contributed by atoms with Crippen molar-refractivity contribution in [3.05, 3.63) is 46.1 Å². The molecule has 1 amide bonds. The Morgan fingerprint density at radius 2 is 2.15 bits per heavy atom. The van der Waals surface area contributed by atoms with Crippen molar-refractivity contribution in [3.63, 3.8) is 0 Å². The summed E-state index contributed by atoms with van der Waals surface area (Å²) in [6.07, 6.45) is 0. The van der Waals surface area contributed by atoms with Crippen LogP contribution in [0.3, 0.4) is 0 Å². The largest absolute Gasteiger partial charge is 0.465 e. The minimum absolute atomic E-state index is 0.110. The Morgan fingerprint density at radius 3 is 2.75 bits per heavy atom. The molecule has 0 saturated heterocycles. The van der Waals surface area contributed by atoms with E-state index in [0.717, 1.165) is 4.68 Å². The van der Waals surface area contributed by atoms with E-state index in [1.807, 2.05) is 0 Å². The van der Waals surface area contributed by atoms with Gasteiger partial charge in [0.05, 0.1) is 12.7 Å². The van der Waals surface area contributed by atoms with E-state index < -0.39 is 17.6 Å². The highest BCUT2D eigenvalue weighted by atomic mass is 16.5. The van der Waals surface area contributed by atoms with Crippen molar-refractivity contribution in [1.82, 2.24) is 14.8 Å². The molecule has 8 nitrogen and oxygen atoms in total. The molecule has 0 spiro atoms. The lowest BCUT2D eigenvalue weighted by Crippen LogP contribution is -2.15.